The molecule has 0 bridgehead atoms. The topological polar surface area (TPSA) is 99.2 Å². The number of carbonyl (C=O) groups excluding carboxylic acids is 2. The quantitative estimate of drug-likeness (QED) is 0.234. The van der Waals surface area contributed by atoms with Crippen LogP contribution in [0.2, 0.25) is 0 Å². The Labute approximate surface area is 280 Å². The Hall–Kier alpha value is -3.63. The van der Waals surface area contributed by atoms with Gasteiger partial charge in [0.05, 0.1) is 11.5 Å². The maximum atomic E-state index is 13.6. The van der Waals surface area contributed by atoms with Gasteiger partial charge >= 0.3 is 6.16 Å². The normalized spacial score (nSPS) is 25.4. The van der Waals surface area contributed by atoms with Gasteiger partial charge in [-0.05, 0) is 85.6 Å². The summed E-state index contributed by atoms with van der Waals surface area (Å²) in [5.41, 5.74) is 2.70. The first kappa shape index (κ1) is 31.9. The summed E-state index contributed by atoms with van der Waals surface area (Å²) in [7, 11) is 0. The number of amides is 1. The molecule has 2 saturated carbocycles. The Morgan fingerprint density at radius 1 is 1.06 bits per heavy atom. The van der Waals surface area contributed by atoms with Crippen LogP contribution in [0.25, 0.3) is 0 Å². The van der Waals surface area contributed by atoms with Crippen LogP contribution in [0.15, 0.2) is 48.7 Å². The standard InChI is InChI=1S/C37H45N3O6S/c1-22(2)27-11-9-23(3)17-30(27)46-36(42)45-26-13-16-40(20-26)33(28-8-6-5-7-24(28)4)32-19-38-35(47-32)39-34(41)37(14-15-37)25-10-12-29-31(18-25)44-21-43-29/h5-8,10,12,18-19,22-23,26-27,30,33H,9,11,13-17,20-21H2,1-4H3,(H,38,39,41)/t23-,26+,27+,30-,33?/m0/s1. The number of likely N-dealkylation sites (tertiary alicyclic amines) is 1. The first-order valence-electron chi connectivity index (χ1n) is 17.0. The molecular formula is C37H45N3O6S. The van der Waals surface area contributed by atoms with Gasteiger partial charge in [-0.1, -0.05) is 68.9 Å². The number of fused-ring (bicyclic) bond motifs is 1. The number of anilines is 1. The zero-order valence-corrected chi connectivity index (χ0v) is 28.5. The zero-order chi connectivity index (χ0) is 32.7. The first-order chi connectivity index (χ1) is 22.7. The number of nitrogens with one attached hydrogen (secondary N) is 1. The molecule has 250 valence electrons. The molecule has 2 aromatic carbocycles. The van der Waals surface area contributed by atoms with E-state index in [4.69, 9.17) is 18.9 Å². The van der Waals surface area contributed by atoms with Crippen molar-refractivity contribution in [3.05, 3.63) is 70.2 Å². The summed E-state index contributed by atoms with van der Waals surface area (Å²) in [5.74, 6) is 2.73. The Bertz CT molecular complexity index is 1620. The molecule has 7 rings (SSSR count). The molecule has 4 aliphatic rings. The summed E-state index contributed by atoms with van der Waals surface area (Å²) in [6.45, 7) is 10.3. The third-order valence-electron chi connectivity index (χ3n) is 10.6. The number of ether oxygens (including phenoxy) is 4. The van der Waals surface area contributed by atoms with Crippen molar-refractivity contribution in [2.24, 2.45) is 17.8 Å². The number of nitrogens with zero attached hydrogens (tertiary/aromatic N) is 2. The molecule has 0 spiro atoms. The highest BCUT2D eigenvalue weighted by atomic mass is 32.1. The number of benzene rings is 2. The summed E-state index contributed by atoms with van der Waals surface area (Å²) in [6.07, 6.45) is 6.42. The van der Waals surface area contributed by atoms with Crippen LogP contribution in [0.5, 0.6) is 11.5 Å². The van der Waals surface area contributed by atoms with Gasteiger partial charge < -0.3 is 24.3 Å². The van der Waals surface area contributed by atoms with Gasteiger partial charge in [0.15, 0.2) is 16.6 Å². The molecule has 2 aliphatic heterocycles. The molecule has 9 nitrogen and oxygen atoms in total. The van der Waals surface area contributed by atoms with Crippen LogP contribution in [0.4, 0.5) is 9.93 Å². The molecule has 0 radical (unpaired) electrons. The van der Waals surface area contributed by atoms with Gasteiger partial charge in [-0.25, -0.2) is 9.78 Å². The molecule has 47 heavy (non-hydrogen) atoms. The molecule has 3 heterocycles. The fourth-order valence-corrected chi connectivity index (χ4v) is 8.66. The van der Waals surface area contributed by atoms with Crippen molar-refractivity contribution in [2.45, 2.75) is 89.9 Å². The minimum Gasteiger partial charge on any atom is -0.454 e. The second kappa shape index (κ2) is 13.1. The van der Waals surface area contributed by atoms with Crippen molar-refractivity contribution in [1.29, 1.82) is 0 Å². The van der Waals surface area contributed by atoms with E-state index < -0.39 is 11.6 Å². The van der Waals surface area contributed by atoms with E-state index in [9.17, 15) is 9.59 Å². The molecule has 5 atom stereocenters. The lowest BCUT2D eigenvalue weighted by molar-refractivity contribution is -0.118. The molecule has 3 fully saturated rings. The van der Waals surface area contributed by atoms with Gasteiger partial charge in [0.2, 0.25) is 12.7 Å². The molecule has 3 aromatic rings. The molecule has 1 aromatic heterocycles. The highest BCUT2D eigenvalue weighted by molar-refractivity contribution is 7.15. The maximum Gasteiger partial charge on any atom is 0.508 e. The van der Waals surface area contributed by atoms with E-state index in [0.717, 1.165) is 49.1 Å². The molecule has 1 amide bonds. The van der Waals surface area contributed by atoms with Crippen LogP contribution in [-0.2, 0) is 19.7 Å². The molecule has 1 unspecified atom stereocenters. The van der Waals surface area contributed by atoms with Gasteiger partial charge in [-0.3, -0.25) is 9.69 Å². The highest BCUT2D eigenvalue weighted by Crippen LogP contribution is 2.51. The summed E-state index contributed by atoms with van der Waals surface area (Å²) < 4.78 is 22.9. The Morgan fingerprint density at radius 2 is 1.87 bits per heavy atom. The lowest BCUT2D eigenvalue weighted by atomic mass is 9.75. The van der Waals surface area contributed by atoms with Gasteiger partial charge in [0.25, 0.3) is 0 Å². The fraction of sp³-hybridized carbons (Fsp3) is 0.541. The molecule has 1 saturated heterocycles. The van der Waals surface area contributed by atoms with Crippen molar-refractivity contribution in [1.82, 2.24) is 9.88 Å². The summed E-state index contributed by atoms with van der Waals surface area (Å²) in [4.78, 5) is 34.7. The van der Waals surface area contributed by atoms with Crippen molar-refractivity contribution in [3.8, 4) is 11.5 Å². The smallest absolute Gasteiger partial charge is 0.454 e. The average Bonchev–Trinajstić information content (AvgIpc) is 3.32. The van der Waals surface area contributed by atoms with E-state index >= 15 is 0 Å². The molecule has 2 aliphatic carbocycles. The average molecular weight is 660 g/mol. The lowest BCUT2D eigenvalue weighted by Gasteiger charge is -2.36. The van der Waals surface area contributed by atoms with Crippen LogP contribution in [0.1, 0.15) is 86.9 Å². The van der Waals surface area contributed by atoms with Crippen molar-refractivity contribution in [3.63, 3.8) is 0 Å². The van der Waals surface area contributed by atoms with Crippen LogP contribution in [-0.4, -0.2) is 54.0 Å². The Balaban J connectivity index is 1.04. The van der Waals surface area contributed by atoms with Gasteiger partial charge in [-0.2, -0.15) is 0 Å². The largest absolute Gasteiger partial charge is 0.508 e. The predicted octanol–water partition coefficient (Wildman–Crippen LogP) is 7.63. The van der Waals surface area contributed by atoms with Gasteiger partial charge in [0.1, 0.15) is 12.2 Å². The van der Waals surface area contributed by atoms with Crippen LogP contribution in [0.3, 0.4) is 0 Å². The van der Waals surface area contributed by atoms with Crippen molar-refractivity contribution >= 4 is 28.5 Å². The van der Waals surface area contributed by atoms with E-state index in [2.05, 4.69) is 61.1 Å². The number of hydrogen-bond donors (Lipinski definition) is 1. The number of aromatic nitrogens is 1. The SMILES string of the molecule is Cc1ccccc1C(c1cnc(NC(=O)C2(c3ccc4c(c3)OCO4)CC2)s1)N1CC[C@@H](OC(=O)O[C@H]2C[C@@H](C)CC[C@@H]2C(C)C)C1. The van der Waals surface area contributed by atoms with E-state index in [1.807, 2.05) is 30.5 Å². The lowest BCUT2D eigenvalue weighted by Crippen LogP contribution is -2.37. The Kier molecular flexibility index (Phi) is 8.91. The van der Waals surface area contributed by atoms with Crippen LogP contribution in [0, 0.1) is 24.7 Å². The molecule has 10 heteroatoms. The van der Waals surface area contributed by atoms with Gasteiger partial charge in [0, 0.05) is 24.2 Å². The number of rotatable bonds is 9. The minimum atomic E-state index is -0.582. The van der Waals surface area contributed by atoms with E-state index in [-0.39, 0.29) is 30.9 Å². The second-order valence-electron chi connectivity index (χ2n) is 14.2. The van der Waals surface area contributed by atoms with Crippen LogP contribution < -0.4 is 14.8 Å². The fourth-order valence-electron chi connectivity index (χ4n) is 7.70. The van der Waals surface area contributed by atoms with Crippen molar-refractivity contribution < 1.29 is 28.5 Å². The molecule has 1 N–H and O–H groups in total. The number of hydrogen-bond acceptors (Lipinski definition) is 9. The number of carbonyl (C=O) groups is 2. The van der Waals surface area contributed by atoms with E-state index in [1.54, 1.807) is 0 Å². The second-order valence-corrected chi connectivity index (χ2v) is 15.2. The van der Waals surface area contributed by atoms with Crippen molar-refractivity contribution in [2.75, 3.05) is 25.2 Å². The molecular weight excluding hydrogens is 614 g/mol. The maximum absolute atomic E-state index is 13.6. The van der Waals surface area contributed by atoms with E-state index in [1.165, 1.54) is 28.9 Å². The summed E-state index contributed by atoms with van der Waals surface area (Å²) in [5, 5.41) is 3.70. The highest BCUT2D eigenvalue weighted by Gasteiger charge is 2.52. The van der Waals surface area contributed by atoms with Crippen LogP contribution >= 0.6 is 11.3 Å². The number of aryl methyl sites for hydroxylation is 1. The minimum absolute atomic E-state index is 0.0510. The van der Waals surface area contributed by atoms with E-state index in [0.29, 0.717) is 40.9 Å². The van der Waals surface area contributed by atoms with Gasteiger partial charge in [-0.15, -0.1) is 0 Å². The summed E-state index contributed by atoms with van der Waals surface area (Å²) in [6, 6.07) is 14.0. The first-order valence-corrected chi connectivity index (χ1v) is 17.9. The third-order valence-corrected chi connectivity index (χ3v) is 11.6. The third kappa shape index (κ3) is 6.59. The zero-order valence-electron chi connectivity index (χ0n) is 27.7. The predicted molar refractivity (Wildman–Crippen MR) is 180 cm³/mol. The summed E-state index contributed by atoms with van der Waals surface area (Å²) >= 11 is 1.50. The monoisotopic (exact) mass is 659 g/mol. The number of thiazole rings is 1. The Morgan fingerprint density at radius 3 is 2.66 bits per heavy atom.